The van der Waals surface area contributed by atoms with Crippen molar-refractivity contribution >= 4 is 17.3 Å². The molecule has 0 radical (unpaired) electrons. The van der Waals surface area contributed by atoms with E-state index < -0.39 is 0 Å². The van der Waals surface area contributed by atoms with Crippen LogP contribution >= 0.6 is 0 Å². The third kappa shape index (κ3) is 2.85. The molecule has 0 unspecified atom stereocenters. The van der Waals surface area contributed by atoms with Crippen molar-refractivity contribution in [2.24, 2.45) is 0 Å². The second-order valence-electron chi connectivity index (χ2n) is 4.85. The normalized spacial score (nSPS) is 14.7. The third-order valence-corrected chi connectivity index (χ3v) is 3.49. The van der Waals surface area contributed by atoms with Gasteiger partial charge in [0.2, 0.25) is 5.91 Å². The smallest absolute Gasteiger partial charge is 0.246 e. The Morgan fingerprint density at radius 2 is 2.15 bits per heavy atom. The summed E-state index contributed by atoms with van der Waals surface area (Å²) >= 11 is 0. The highest BCUT2D eigenvalue weighted by atomic mass is 16.2. The van der Waals surface area contributed by atoms with Crippen LogP contribution < -0.4 is 0 Å². The van der Waals surface area contributed by atoms with Crippen molar-refractivity contribution in [1.29, 1.82) is 0 Å². The highest BCUT2D eigenvalue weighted by Crippen LogP contribution is 2.22. The van der Waals surface area contributed by atoms with Crippen LogP contribution in [0.25, 0.3) is 5.57 Å². The van der Waals surface area contributed by atoms with Gasteiger partial charge in [-0.2, -0.15) is 0 Å². The van der Waals surface area contributed by atoms with E-state index in [0.29, 0.717) is 18.7 Å². The molecule has 104 valence electrons. The molecule has 0 aromatic carbocycles. The molecule has 20 heavy (non-hydrogen) atoms. The van der Waals surface area contributed by atoms with Gasteiger partial charge in [0.25, 0.3) is 0 Å². The molecule has 1 aliphatic heterocycles. The first-order valence-electron chi connectivity index (χ1n) is 6.62. The van der Waals surface area contributed by atoms with E-state index in [2.05, 4.69) is 11.6 Å². The van der Waals surface area contributed by atoms with Gasteiger partial charge < -0.3 is 4.90 Å². The summed E-state index contributed by atoms with van der Waals surface area (Å²) in [7, 11) is 0. The van der Waals surface area contributed by atoms with E-state index in [9.17, 15) is 9.59 Å². The van der Waals surface area contributed by atoms with Crippen LogP contribution in [0.15, 0.2) is 30.9 Å². The summed E-state index contributed by atoms with van der Waals surface area (Å²) in [5.74, 6) is -0.0155. The quantitative estimate of drug-likeness (QED) is 0.626. The Morgan fingerprint density at radius 1 is 1.40 bits per heavy atom. The first kappa shape index (κ1) is 14.2. The van der Waals surface area contributed by atoms with E-state index in [1.807, 2.05) is 25.1 Å². The molecular weight excluding hydrogens is 252 g/mol. The highest BCUT2D eigenvalue weighted by molar-refractivity contribution is 5.95. The number of hydrogen-bond donors (Lipinski definition) is 0. The Morgan fingerprint density at radius 3 is 2.65 bits per heavy atom. The molecule has 0 saturated heterocycles. The van der Waals surface area contributed by atoms with Crippen molar-refractivity contribution in [1.82, 2.24) is 9.88 Å². The van der Waals surface area contributed by atoms with Crippen molar-refractivity contribution in [2.45, 2.75) is 20.3 Å². The fourth-order valence-corrected chi connectivity index (χ4v) is 2.34. The molecule has 1 aromatic rings. The summed E-state index contributed by atoms with van der Waals surface area (Å²) in [5, 5.41) is 0. The number of rotatable bonds is 3. The van der Waals surface area contributed by atoms with E-state index in [-0.39, 0.29) is 11.7 Å². The SMILES string of the molecule is C=CC(=O)N1CC=C(c2ccc(C(C)=O)c(C)n2)CC1. The second-order valence-corrected chi connectivity index (χ2v) is 4.85. The lowest BCUT2D eigenvalue weighted by Gasteiger charge is -2.25. The van der Waals surface area contributed by atoms with Gasteiger partial charge in [-0.05, 0) is 44.1 Å². The number of Topliss-reactive ketones (excluding diaryl/α,β-unsaturated/α-hetero) is 1. The standard InChI is InChI=1S/C16H18N2O2/c1-4-16(20)18-9-7-13(8-10-18)15-6-5-14(12(3)19)11(2)17-15/h4-7H,1,8-10H2,2-3H3. The predicted octanol–water partition coefficient (Wildman–Crippen LogP) is 2.39. The lowest BCUT2D eigenvalue weighted by Crippen LogP contribution is -2.33. The van der Waals surface area contributed by atoms with Crippen LogP contribution in [0.2, 0.25) is 0 Å². The van der Waals surface area contributed by atoms with Gasteiger partial charge in [-0.3, -0.25) is 14.6 Å². The molecule has 1 amide bonds. The lowest BCUT2D eigenvalue weighted by molar-refractivity contribution is -0.125. The fourth-order valence-electron chi connectivity index (χ4n) is 2.34. The number of aromatic nitrogens is 1. The average Bonchev–Trinajstić information content (AvgIpc) is 2.46. The second kappa shape index (κ2) is 5.82. The van der Waals surface area contributed by atoms with E-state index in [4.69, 9.17) is 0 Å². The van der Waals surface area contributed by atoms with Gasteiger partial charge in [-0.15, -0.1) is 0 Å². The first-order valence-corrected chi connectivity index (χ1v) is 6.62. The van der Waals surface area contributed by atoms with Crippen LogP contribution in [0.1, 0.15) is 35.1 Å². The summed E-state index contributed by atoms with van der Waals surface area (Å²) in [6, 6.07) is 3.70. The number of nitrogens with zero attached hydrogens (tertiary/aromatic N) is 2. The van der Waals surface area contributed by atoms with Crippen LogP contribution in [-0.2, 0) is 4.79 Å². The highest BCUT2D eigenvalue weighted by Gasteiger charge is 2.17. The molecule has 0 spiro atoms. The molecule has 0 bridgehead atoms. The van der Waals surface area contributed by atoms with Crippen LogP contribution in [0.4, 0.5) is 0 Å². The average molecular weight is 270 g/mol. The maximum absolute atomic E-state index is 11.5. The molecule has 0 saturated carbocycles. The Bertz CT molecular complexity index is 602. The van der Waals surface area contributed by atoms with Crippen molar-refractivity contribution in [3.05, 3.63) is 47.8 Å². The number of pyridine rings is 1. The Labute approximate surface area is 118 Å². The van der Waals surface area contributed by atoms with Crippen molar-refractivity contribution in [3.63, 3.8) is 0 Å². The summed E-state index contributed by atoms with van der Waals surface area (Å²) in [5.41, 5.74) is 3.42. The van der Waals surface area contributed by atoms with Gasteiger partial charge in [-0.1, -0.05) is 12.7 Å². The monoisotopic (exact) mass is 270 g/mol. The topological polar surface area (TPSA) is 50.3 Å². The van der Waals surface area contributed by atoms with E-state index >= 15 is 0 Å². The number of hydrogen-bond acceptors (Lipinski definition) is 3. The van der Waals surface area contributed by atoms with Gasteiger partial charge in [-0.25, -0.2) is 0 Å². The first-order chi connectivity index (χ1) is 9.52. The number of aryl methyl sites for hydroxylation is 1. The zero-order chi connectivity index (χ0) is 14.7. The summed E-state index contributed by atoms with van der Waals surface area (Å²) < 4.78 is 0. The Kier molecular flexibility index (Phi) is 4.13. The molecule has 4 nitrogen and oxygen atoms in total. The molecule has 0 N–H and O–H groups in total. The number of ketones is 1. The molecule has 2 heterocycles. The molecule has 1 aromatic heterocycles. The van der Waals surface area contributed by atoms with Crippen molar-refractivity contribution in [2.75, 3.05) is 13.1 Å². The molecule has 0 fully saturated rings. The van der Waals surface area contributed by atoms with Gasteiger partial charge in [0.15, 0.2) is 5.78 Å². The van der Waals surface area contributed by atoms with Crippen molar-refractivity contribution in [3.8, 4) is 0 Å². The summed E-state index contributed by atoms with van der Waals surface area (Å²) in [4.78, 5) is 29.1. The van der Waals surface area contributed by atoms with E-state index in [0.717, 1.165) is 23.4 Å². The molecule has 0 atom stereocenters. The summed E-state index contributed by atoms with van der Waals surface area (Å²) in [6.07, 6.45) is 4.12. The van der Waals surface area contributed by atoms with E-state index in [1.165, 1.54) is 6.08 Å². The Hall–Kier alpha value is -2.23. The molecule has 1 aliphatic rings. The third-order valence-electron chi connectivity index (χ3n) is 3.49. The van der Waals surface area contributed by atoms with E-state index in [1.54, 1.807) is 11.8 Å². The summed E-state index contributed by atoms with van der Waals surface area (Å²) in [6.45, 7) is 8.13. The predicted molar refractivity (Wildman–Crippen MR) is 78.3 cm³/mol. The van der Waals surface area contributed by atoms with Crippen LogP contribution in [0, 0.1) is 6.92 Å². The number of carbonyl (C=O) groups is 2. The zero-order valence-corrected chi connectivity index (χ0v) is 11.8. The molecule has 2 rings (SSSR count). The van der Waals surface area contributed by atoms with Gasteiger partial charge >= 0.3 is 0 Å². The van der Waals surface area contributed by atoms with Gasteiger partial charge in [0, 0.05) is 24.3 Å². The number of amides is 1. The largest absolute Gasteiger partial charge is 0.335 e. The van der Waals surface area contributed by atoms with Crippen molar-refractivity contribution < 1.29 is 9.59 Å². The fraction of sp³-hybridized carbons (Fsp3) is 0.312. The minimum Gasteiger partial charge on any atom is -0.335 e. The number of carbonyl (C=O) groups excluding carboxylic acids is 2. The molecule has 0 aliphatic carbocycles. The molecular formula is C16H18N2O2. The molecule has 4 heteroatoms. The maximum Gasteiger partial charge on any atom is 0.246 e. The Balaban J connectivity index is 2.20. The lowest BCUT2D eigenvalue weighted by atomic mass is 10.0. The van der Waals surface area contributed by atoms with Crippen LogP contribution in [-0.4, -0.2) is 34.7 Å². The van der Waals surface area contributed by atoms with Gasteiger partial charge in [0.1, 0.15) is 0 Å². The minimum absolute atomic E-state index is 0.0296. The minimum atomic E-state index is -0.0450. The van der Waals surface area contributed by atoms with Crippen LogP contribution in [0.5, 0.6) is 0 Å². The zero-order valence-electron chi connectivity index (χ0n) is 11.8. The van der Waals surface area contributed by atoms with Gasteiger partial charge in [0.05, 0.1) is 5.69 Å². The maximum atomic E-state index is 11.5. The van der Waals surface area contributed by atoms with Crippen LogP contribution in [0.3, 0.4) is 0 Å².